The van der Waals surface area contributed by atoms with Crippen molar-refractivity contribution in [1.29, 1.82) is 0 Å². The Balaban J connectivity index is 1.84. The van der Waals surface area contributed by atoms with Crippen LogP contribution >= 0.6 is 15.9 Å². The van der Waals surface area contributed by atoms with Crippen molar-refractivity contribution < 1.29 is 19.0 Å². The smallest absolute Gasteiger partial charge is 0.273 e. The number of H-pyrrole nitrogens is 1. The minimum Gasteiger partial charge on any atom is -0.497 e. The molecular formula is C22H22BrN3O4. The highest BCUT2D eigenvalue weighted by molar-refractivity contribution is 9.10. The van der Waals surface area contributed by atoms with Crippen LogP contribution in [0.15, 0.2) is 53.0 Å². The predicted octanol–water partition coefficient (Wildman–Crippen LogP) is 4.01. The molecule has 0 saturated heterocycles. The highest BCUT2D eigenvalue weighted by Crippen LogP contribution is 2.43. The Morgan fingerprint density at radius 1 is 1.13 bits per heavy atom. The molecule has 0 bridgehead atoms. The lowest BCUT2D eigenvalue weighted by molar-refractivity contribution is -0.113. The highest BCUT2D eigenvalue weighted by Gasteiger charge is 2.43. The van der Waals surface area contributed by atoms with Gasteiger partial charge >= 0.3 is 0 Å². The van der Waals surface area contributed by atoms with Gasteiger partial charge in [-0.15, -0.1) is 0 Å². The van der Waals surface area contributed by atoms with Gasteiger partial charge in [0.1, 0.15) is 11.4 Å². The summed E-state index contributed by atoms with van der Waals surface area (Å²) in [5, 5.41) is 7.43. The van der Waals surface area contributed by atoms with E-state index in [1.54, 1.807) is 26.2 Å². The number of carbonyl (C=O) groups excluding carboxylic acids is 1. The summed E-state index contributed by atoms with van der Waals surface area (Å²) in [4.78, 5) is 15.0. The second-order valence-corrected chi connectivity index (χ2v) is 7.82. The number of rotatable bonds is 7. The van der Waals surface area contributed by atoms with E-state index in [4.69, 9.17) is 14.2 Å². The van der Waals surface area contributed by atoms with Crippen LogP contribution in [0.2, 0.25) is 0 Å². The van der Waals surface area contributed by atoms with E-state index < -0.39 is 6.29 Å². The minimum absolute atomic E-state index is 0.140. The molecule has 1 atom stereocenters. The normalized spacial score (nSPS) is 15.7. The van der Waals surface area contributed by atoms with Crippen LogP contribution in [0.4, 0.5) is 0 Å². The summed E-state index contributed by atoms with van der Waals surface area (Å²) < 4.78 is 17.1. The number of nitrogens with one attached hydrogen (secondary N) is 1. The number of aromatic amines is 1. The van der Waals surface area contributed by atoms with E-state index in [2.05, 4.69) is 26.1 Å². The maximum atomic E-state index is 13.3. The van der Waals surface area contributed by atoms with E-state index in [1.165, 1.54) is 0 Å². The SMILES string of the molecule is COc1cccc(-c2n[nH]c3c2C(c2ccc(Br)cc2)N(CC(OC)OC)C3=O)c1. The van der Waals surface area contributed by atoms with Gasteiger partial charge in [-0.25, -0.2) is 0 Å². The number of hydrogen-bond donors (Lipinski definition) is 1. The van der Waals surface area contributed by atoms with Gasteiger partial charge in [-0.1, -0.05) is 40.2 Å². The standard InChI is InChI=1S/C22H22BrN3O4/c1-28-16-6-4-5-14(11-16)19-18-20(25-24-19)22(27)26(12-17(29-2)30-3)21(18)13-7-9-15(23)10-8-13/h4-11,17,21H,12H2,1-3H3,(H,24,25). The molecule has 4 rings (SSSR count). The predicted molar refractivity (Wildman–Crippen MR) is 115 cm³/mol. The molecule has 1 aromatic heterocycles. The molecule has 1 unspecified atom stereocenters. The Morgan fingerprint density at radius 3 is 2.53 bits per heavy atom. The number of aromatic nitrogens is 2. The number of halogens is 1. The molecular weight excluding hydrogens is 450 g/mol. The van der Waals surface area contributed by atoms with Crippen LogP contribution in [-0.2, 0) is 9.47 Å². The van der Waals surface area contributed by atoms with Crippen molar-refractivity contribution in [3.05, 3.63) is 69.8 Å². The van der Waals surface area contributed by atoms with E-state index >= 15 is 0 Å². The van der Waals surface area contributed by atoms with E-state index in [1.807, 2.05) is 48.5 Å². The Bertz CT molecular complexity index is 1050. The molecule has 7 nitrogen and oxygen atoms in total. The number of nitrogens with zero attached hydrogens (tertiary/aromatic N) is 2. The first-order chi connectivity index (χ1) is 14.6. The van der Waals surface area contributed by atoms with Gasteiger partial charge < -0.3 is 19.1 Å². The van der Waals surface area contributed by atoms with Crippen molar-refractivity contribution in [2.75, 3.05) is 27.9 Å². The fraction of sp³-hybridized carbons (Fsp3) is 0.273. The van der Waals surface area contributed by atoms with E-state index in [-0.39, 0.29) is 18.5 Å². The van der Waals surface area contributed by atoms with Crippen molar-refractivity contribution in [3.63, 3.8) is 0 Å². The number of benzene rings is 2. The zero-order chi connectivity index (χ0) is 21.3. The summed E-state index contributed by atoms with van der Waals surface area (Å²) >= 11 is 3.48. The van der Waals surface area contributed by atoms with Gasteiger partial charge in [-0.05, 0) is 29.8 Å². The second kappa shape index (κ2) is 8.59. The summed E-state index contributed by atoms with van der Waals surface area (Å²) in [6.45, 7) is 0.284. The number of carbonyl (C=O) groups is 1. The van der Waals surface area contributed by atoms with Gasteiger partial charge in [-0.2, -0.15) is 5.10 Å². The molecule has 1 aliphatic heterocycles. The van der Waals surface area contributed by atoms with Gasteiger partial charge in [0.15, 0.2) is 6.29 Å². The molecule has 3 aromatic rings. The number of methoxy groups -OCH3 is 3. The Hall–Kier alpha value is -2.68. The fourth-order valence-electron chi connectivity index (χ4n) is 3.77. The van der Waals surface area contributed by atoms with Gasteiger partial charge in [0.2, 0.25) is 0 Å². The van der Waals surface area contributed by atoms with Crippen molar-refractivity contribution >= 4 is 21.8 Å². The van der Waals surface area contributed by atoms with E-state index in [9.17, 15) is 4.79 Å². The van der Waals surface area contributed by atoms with Crippen molar-refractivity contribution in [3.8, 4) is 17.0 Å². The molecule has 1 N–H and O–H groups in total. The first-order valence-corrected chi connectivity index (χ1v) is 10.2. The number of hydrogen-bond acceptors (Lipinski definition) is 5. The Labute approximate surface area is 183 Å². The number of amides is 1. The maximum Gasteiger partial charge on any atom is 0.273 e. The minimum atomic E-state index is -0.538. The molecule has 30 heavy (non-hydrogen) atoms. The van der Waals surface area contributed by atoms with Crippen LogP contribution in [0.1, 0.15) is 27.7 Å². The van der Waals surface area contributed by atoms with Gasteiger partial charge in [0.05, 0.1) is 25.4 Å². The van der Waals surface area contributed by atoms with Crippen LogP contribution in [-0.4, -0.2) is 55.2 Å². The van der Waals surface area contributed by atoms with Crippen LogP contribution in [0.5, 0.6) is 5.75 Å². The zero-order valence-electron chi connectivity index (χ0n) is 16.9. The highest BCUT2D eigenvalue weighted by atomic mass is 79.9. The molecule has 1 aliphatic rings. The largest absolute Gasteiger partial charge is 0.497 e. The van der Waals surface area contributed by atoms with Crippen LogP contribution in [0.3, 0.4) is 0 Å². The third-order valence-corrected chi connectivity index (χ3v) is 5.79. The molecule has 8 heteroatoms. The van der Waals surface area contributed by atoms with Crippen molar-refractivity contribution in [2.45, 2.75) is 12.3 Å². The average molecular weight is 472 g/mol. The molecule has 1 amide bonds. The molecule has 2 aromatic carbocycles. The molecule has 156 valence electrons. The fourth-order valence-corrected chi connectivity index (χ4v) is 4.04. The topological polar surface area (TPSA) is 76.7 Å². The van der Waals surface area contributed by atoms with Crippen LogP contribution < -0.4 is 4.74 Å². The third kappa shape index (κ3) is 3.62. The molecule has 2 heterocycles. The van der Waals surface area contributed by atoms with Crippen LogP contribution in [0, 0.1) is 0 Å². The number of ether oxygens (including phenoxy) is 3. The summed E-state index contributed by atoms with van der Waals surface area (Å²) in [5.74, 6) is 0.586. The lowest BCUT2D eigenvalue weighted by Gasteiger charge is -2.29. The van der Waals surface area contributed by atoms with Gasteiger partial charge in [-0.3, -0.25) is 9.89 Å². The molecule has 0 fully saturated rings. The summed E-state index contributed by atoms with van der Waals surface area (Å²) in [6, 6.07) is 15.3. The zero-order valence-corrected chi connectivity index (χ0v) is 18.5. The summed E-state index contributed by atoms with van der Waals surface area (Å²) in [7, 11) is 4.75. The van der Waals surface area contributed by atoms with Crippen molar-refractivity contribution in [2.24, 2.45) is 0 Å². The first kappa shape index (κ1) is 20.6. The molecule has 0 saturated carbocycles. The lowest BCUT2D eigenvalue weighted by atomic mass is 9.96. The summed E-state index contributed by atoms with van der Waals surface area (Å²) in [5.41, 5.74) is 3.88. The Kier molecular flexibility index (Phi) is 5.90. The molecule has 0 radical (unpaired) electrons. The Morgan fingerprint density at radius 2 is 1.87 bits per heavy atom. The quantitative estimate of drug-likeness (QED) is 0.526. The molecule has 0 spiro atoms. The van der Waals surface area contributed by atoms with Crippen molar-refractivity contribution in [1.82, 2.24) is 15.1 Å². The second-order valence-electron chi connectivity index (χ2n) is 6.91. The van der Waals surface area contributed by atoms with E-state index in [0.717, 1.165) is 32.6 Å². The van der Waals surface area contributed by atoms with Gasteiger partial charge in [0.25, 0.3) is 5.91 Å². The van der Waals surface area contributed by atoms with Gasteiger partial charge in [0, 0.05) is 29.8 Å². The molecule has 0 aliphatic carbocycles. The third-order valence-electron chi connectivity index (χ3n) is 5.26. The van der Waals surface area contributed by atoms with Crippen LogP contribution in [0.25, 0.3) is 11.3 Å². The maximum absolute atomic E-state index is 13.3. The number of fused-ring (bicyclic) bond motifs is 1. The van der Waals surface area contributed by atoms with E-state index in [0.29, 0.717) is 5.69 Å². The lowest BCUT2D eigenvalue weighted by Crippen LogP contribution is -2.38. The average Bonchev–Trinajstić information content (AvgIpc) is 3.32. The summed E-state index contributed by atoms with van der Waals surface area (Å²) in [6.07, 6.45) is -0.538. The first-order valence-electron chi connectivity index (χ1n) is 9.42. The monoisotopic (exact) mass is 471 g/mol.